The van der Waals surface area contributed by atoms with Crippen LogP contribution in [-0.2, 0) is 6.54 Å². The zero-order valence-electron chi connectivity index (χ0n) is 11.3. The van der Waals surface area contributed by atoms with Gasteiger partial charge in [-0.3, -0.25) is 4.68 Å². The van der Waals surface area contributed by atoms with Gasteiger partial charge in [0.15, 0.2) is 5.76 Å². The number of hydrogen-bond donors (Lipinski definition) is 1. The Morgan fingerprint density at radius 3 is 2.85 bits per heavy atom. The van der Waals surface area contributed by atoms with E-state index < -0.39 is 5.97 Å². The predicted octanol–water partition coefficient (Wildman–Crippen LogP) is 3.42. The van der Waals surface area contributed by atoms with Crippen LogP contribution in [0.15, 0.2) is 28.9 Å². The van der Waals surface area contributed by atoms with Gasteiger partial charge in [0.2, 0.25) is 0 Å². The van der Waals surface area contributed by atoms with Crippen molar-refractivity contribution in [3.05, 3.63) is 30.2 Å². The number of hydrogen-bond acceptors (Lipinski definition) is 3. The maximum Gasteiger partial charge on any atom is 0.354 e. The smallest absolute Gasteiger partial charge is 0.354 e. The van der Waals surface area contributed by atoms with E-state index in [4.69, 9.17) is 4.42 Å². The Morgan fingerprint density at radius 2 is 2.20 bits per heavy atom. The van der Waals surface area contributed by atoms with E-state index in [1.54, 1.807) is 29.1 Å². The summed E-state index contributed by atoms with van der Waals surface area (Å²) in [5.74, 6) is 0.201. The van der Waals surface area contributed by atoms with Crippen molar-refractivity contribution in [3.8, 4) is 11.5 Å². The standard InChI is InChI=1S/C15H18N2O3/c18-15(19)13-9-12(14-7-4-8-20-14)16-17(13)10-11-5-2-1-3-6-11/h4,7-9,11H,1-3,5-6,10H2,(H,18,19). The van der Waals surface area contributed by atoms with Crippen molar-refractivity contribution < 1.29 is 14.3 Å². The van der Waals surface area contributed by atoms with Gasteiger partial charge in [0.05, 0.1) is 6.26 Å². The van der Waals surface area contributed by atoms with Gasteiger partial charge >= 0.3 is 5.97 Å². The van der Waals surface area contributed by atoms with Crippen molar-refractivity contribution in [2.75, 3.05) is 0 Å². The van der Waals surface area contributed by atoms with Crippen molar-refractivity contribution in [2.45, 2.75) is 38.6 Å². The molecule has 1 aliphatic carbocycles. The molecule has 0 spiro atoms. The fourth-order valence-electron chi connectivity index (χ4n) is 2.89. The van der Waals surface area contributed by atoms with E-state index in [-0.39, 0.29) is 5.69 Å². The minimum Gasteiger partial charge on any atom is -0.477 e. The van der Waals surface area contributed by atoms with Crippen LogP contribution < -0.4 is 0 Å². The highest BCUT2D eigenvalue weighted by Crippen LogP contribution is 2.26. The summed E-state index contributed by atoms with van der Waals surface area (Å²) >= 11 is 0. The molecule has 0 aliphatic heterocycles. The fourth-order valence-corrected chi connectivity index (χ4v) is 2.89. The average Bonchev–Trinajstić information content (AvgIpc) is 3.08. The Hall–Kier alpha value is -2.04. The van der Waals surface area contributed by atoms with Gasteiger partial charge in [-0.2, -0.15) is 5.10 Å². The molecule has 0 saturated heterocycles. The molecule has 2 heterocycles. The minimum absolute atomic E-state index is 0.238. The monoisotopic (exact) mass is 274 g/mol. The van der Waals surface area contributed by atoms with Crippen LogP contribution in [0.4, 0.5) is 0 Å². The van der Waals surface area contributed by atoms with E-state index in [0.717, 1.165) is 12.8 Å². The molecule has 0 aromatic carbocycles. The number of carboxylic acid groups (broad SMARTS) is 1. The molecular weight excluding hydrogens is 256 g/mol. The molecule has 2 aromatic heterocycles. The molecule has 1 aliphatic rings. The van der Waals surface area contributed by atoms with Crippen LogP contribution in [0.3, 0.4) is 0 Å². The zero-order chi connectivity index (χ0) is 13.9. The molecule has 0 amide bonds. The van der Waals surface area contributed by atoms with E-state index in [2.05, 4.69) is 5.10 Å². The minimum atomic E-state index is -0.939. The van der Waals surface area contributed by atoms with E-state index in [9.17, 15) is 9.90 Å². The highest BCUT2D eigenvalue weighted by Gasteiger charge is 2.20. The highest BCUT2D eigenvalue weighted by atomic mass is 16.4. The molecule has 1 N–H and O–H groups in total. The second kappa shape index (κ2) is 5.53. The zero-order valence-corrected chi connectivity index (χ0v) is 11.3. The number of aromatic nitrogens is 2. The first-order chi connectivity index (χ1) is 9.74. The van der Waals surface area contributed by atoms with E-state index in [0.29, 0.717) is 23.9 Å². The maximum atomic E-state index is 11.4. The fraction of sp³-hybridized carbons (Fsp3) is 0.467. The predicted molar refractivity (Wildman–Crippen MR) is 73.5 cm³/mol. The third-order valence-corrected chi connectivity index (χ3v) is 3.93. The van der Waals surface area contributed by atoms with E-state index in [1.807, 2.05) is 0 Å². The molecule has 1 saturated carbocycles. The second-order valence-electron chi connectivity index (χ2n) is 5.38. The number of carbonyl (C=O) groups is 1. The molecule has 2 aromatic rings. The molecule has 1 fully saturated rings. The van der Waals surface area contributed by atoms with Crippen LogP contribution in [0.1, 0.15) is 42.6 Å². The molecule has 5 nitrogen and oxygen atoms in total. The number of rotatable bonds is 4. The Balaban J connectivity index is 1.86. The normalized spacial score (nSPS) is 16.4. The van der Waals surface area contributed by atoms with Crippen molar-refractivity contribution >= 4 is 5.97 Å². The van der Waals surface area contributed by atoms with E-state index >= 15 is 0 Å². The third kappa shape index (κ3) is 2.61. The molecule has 20 heavy (non-hydrogen) atoms. The summed E-state index contributed by atoms with van der Waals surface area (Å²) in [6, 6.07) is 5.15. The molecule has 3 rings (SSSR count). The summed E-state index contributed by atoms with van der Waals surface area (Å²) in [5, 5.41) is 13.7. The van der Waals surface area contributed by atoms with Crippen LogP contribution in [0.25, 0.3) is 11.5 Å². The Bertz CT molecular complexity index is 580. The van der Waals surface area contributed by atoms with Crippen LogP contribution in [0.5, 0.6) is 0 Å². The topological polar surface area (TPSA) is 68.3 Å². The number of furan rings is 1. The molecule has 0 bridgehead atoms. The second-order valence-corrected chi connectivity index (χ2v) is 5.38. The first-order valence-electron chi connectivity index (χ1n) is 7.09. The summed E-state index contributed by atoms with van der Waals surface area (Å²) in [6.45, 7) is 0.683. The quantitative estimate of drug-likeness (QED) is 0.927. The lowest BCUT2D eigenvalue weighted by Crippen LogP contribution is -2.18. The summed E-state index contributed by atoms with van der Waals surface area (Å²) in [4.78, 5) is 11.4. The average molecular weight is 274 g/mol. The summed E-state index contributed by atoms with van der Waals surface area (Å²) in [7, 11) is 0. The van der Waals surface area contributed by atoms with Gasteiger partial charge in [0.25, 0.3) is 0 Å². The highest BCUT2D eigenvalue weighted by molar-refractivity contribution is 5.87. The SMILES string of the molecule is O=C(O)c1cc(-c2ccco2)nn1CC1CCCCC1. The lowest BCUT2D eigenvalue weighted by molar-refractivity contribution is 0.0681. The first kappa shape index (κ1) is 13.0. The van der Waals surface area contributed by atoms with Crippen LogP contribution in [0, 0.1) is 5.92 Å². The summed E-state index contributed by atoms with van der Waals surface area (Å²) in [5.41, 5.74) is 0.824. The van der Waals surface area contributed by atoms with Gasteiger partial charge in [-0.05, 0) is 30.9 Å². The van der Waals surface area contributed by atoms with Crippen molar-refractivity contribution in [1.82, 2.24) is 9.78 Å². The van der Waals surface area contributed by atoms with Crippen LogP contribution >= 0.6 is 0 Å². The molecular formula is C15H18N2O3. The molecule has 0 atom stereocenters. The van der Waals surface area contributed by atoms with Crippen LogP contribution in [0.2, 0.25) is 0 Å². The summed E-state index contributed by atoms with van der Waals surface area (Å²) < 4.78 is 6.91. The van der Waals surface area contributed by atoms with Crippen molar-refractivity contribution in [1.29, 1.82) is 0 Å². The van der Waals surface area contributed by atoms with Gasteiger partial charge in [0.1, 0.15) is 11.4 Å². The van der Waals surface area contributed by atoms with Gasteiger partial charge in [-0.25, -0.2) is 4.79 Å². The molecule has 5 heteroatoms. The Kier molecular flexibility index (Phi) is 3.58. The van der Waals surface area contributed by atoms with Gasteiger partial charge in [-0.1, -0.05) is 19.3 Å². The lowest BCUT2D eigenvalue weighted by atomic mass is 9.89. The molecule has 0 radical (unpaired) electrons. The van der Waals surface area contributed by atoms with Gasteiger partial charge in [-0.15, -0.1) is 0 Å². The van der Waals surface area contributed by atoms with Crippen molar-refractivity contribution in [2.24, 2.45) is 5.92 Å². The summed E-state index contributed by atoms with van der Waals surface area (Å²) in [6.07, 6.45) is 7.65. The number of nitrogens with zero attached hydrogens (tertiary/aromatic N) is 2. The largest absolute Gasteiger partial charge is 0.477 e. The van der Waals surface area contributed by atoms with Gasteiger partial charge in [0, 0.05) is 12.6 Å². The molecule has 0 unspecified atom stereocenters. The molecule has 106 valence electrons. The number of carboxylic acids is 1. The lowest BCUT2D eigenvalue weighted by Gasteiger charge is -2.21. The van der Waals surface area contributed by atoms with E-state index in [1.165, 1.54) is 19.3 Å². The Morgan fingerprint density at radius 1 is 1.40 bits per heavy atom. The first-order valence-corrected chi connectivity index (χ1v) is 7.09. The van der Waals surface area contributed by atoms with Crippen LogP contribution in [-0.4, -0.2) is 20.9 Å². The van der Waals surface area contributed by atoms with Crippen molar-refractivity contribution in [3.63, 3.8) is 0 Å². The van der Waals surface area contributed by atoms with Gasteiger partial charge < -0.3 is 9.52 Å². The maximum absolute atomic E-state index is 11.4. The number of aromatic carboxylic acids is 1. The third-order valence-electron chi connectivity index (χ3n) is 3.93. The Labute approximate surface area is 117 Å².